The number of aryl methyl sites for hydroxylation is 1. The number of benzene rings is 2. The highest BCUT2D eigenvalue weighted by Crippen LogP contribution is 2.19. The highest BCUT2D eigenvalue weighted by atomic mass is 16.6. The largest absolute Gasteiger partial charge is 0.322 e. The quantitative estimate of drug-likeness (QED) is 0.555. The summed E-state index contributed by atoms with van der Waals surface area (Å²) in [5.41, 5.74) is 2.01. The number of aromatic nitrogens is 1. The molecule has 0 atom stereocenters. The first-order valence-electron chi connectivity index (χ1n) is 7.80. The molecule has 2 N–H and O–H groups in total. The minimum absolute atomic E-state index is 0.0765. The molecule has 7 heteroatoms. The zero-order chi connectivity index (χ0) is 18.7. The van der Waals surface area contributed by atoms with Crippen LogP contribution in [0.15, 0.2) is 65.5 Å². The molecule has 0 radical (unpaired) electrons. The smallest absolute Gasteiger partial charge is 0.271 e. The number of carbonyl (C=O) groups is 1. The summed E-state index contributed by atoms with van der Waals surface area (Å²) in [4.78, 5) is 37.5. The van der Waals surface area contributed by atoms with E-state index in [1.54, 1.807) is 6.07 Å². The molecule has 0 aliphatic rings. The van der Waals surface area contributed by atoms with Gasteiger partial charge in [-0.2, -0.15) is 0 Å². The van der Waals surface area contributed by atoms with Crippen molar-refractivity contribution in [2.24, 2.45) is 0 Å². The molecular weight excluding hydrogens is 334 g/mol. The molecule has 3 rings (SSSR count). The van der Waals surface area contributed by atoms with Crippen LogP contribution < -0.4 is 10.9 Å². The average Bonchev–Trinajstić information content (AvgIpc) is 2.62. The summed E-state index contributed by atoms with van der Waals surface area (Å²) in [6.45, 7) is 1.97. The summed E-state index contributed by atoms with van der Waals surface area (Å²) in [6.07, 6.45) is 0. The standard InChI is InChI=1S/C19H15N3O4/c1-12-5-7-13(8-6-12)17-10-9-16(19(24)21-17)18(23)20-14-3-2-4-15(11-14)22(25)26/h2-11H,1H3,(H,20,23)(H,21,24). The fourth-order valence-corrected chi connectivity index (χ4v) is 2.45. The summed E-state index contributed by atoms with van der Waals surface area (Å²) < 4.78 is 0. The molecule has 130 valence electrons. The van der Waals surface area contributed by atoms with Gasteiger partial charge in [-0.05, 0) is 30.7 Å². The van der Waals surface area contributed by atoms with Crippen LogP contribution in [0.4, 0.5) is 11.4 Å². The summed E-state index contributed by atoms with van der Waals surface area (Å²) in [5.74, 6) is -0.637. The molecule has 0 spiro atoms. The number of amides is 1. The molecule has 3 aromatic rings. The van der Waals surface area contributed by atoms with Gasteiger partial charge in [0.15, 0.2) is 0 Å². The number of H-pyrrole nitrogens is 1. The number of nitrogens with one attached hydrogen (secondary N) is 2. The third-order valence-corrected chi connectivity index (χ3v) is 3.83. The monoisotopic (exact) mass is 349 g/mol. The highest BCUT2D eigenvalue weighted by molar-refractivity contribution is 6.04. The van der Waals surface area contributed by atoms with Gasteiger partial charge in [0.05, 0.1) is 4.92 Å². The summed E-state index contributed by atoms with van der Waals surface area (Å²) in [7, 11) is 0. The van der Waals surface area contributed by atoms with Crippen molar-refractivity contribution in [1.82, 2.24) is 4.98 Å². The lowest BCUT2D eigenvalue weighted by molar-refractivity contribution is -0.384. The first-order chi connectivity index (χ1) is 12.4. The zero-order valence-electron chi connectivity index (χ0n) is 13.9. The highest BCUT2D eigenvalue weighted by Gasteiger charge is 2.13. The predicted octanol–water partition coefficient (Wildman–Crippen LogP) is 3.51. The SMILES string of the molecule is Cc1ccc(-c2ccc(C(=O)Nc3cccc([N+](=O)[O-])c3)c(=O)[nH]2)cc1. The Labute approximate surface area is 148 Å². The second-order valence-corrected chi connectivity index (χ2v) is 5.74. The molecule has 0 bridgehead atoms. The van der Waals surface area contributed by atoms with Crippen LogP contribution in [0.3, 0.4) is 0 Å². The fraction of sp³-hybridized carbons (Fsp3) is 0.0526. The molecule has 0 unspecified atom stereocenters. The Morgan fingerprint density at radius 3 is 2.46 bits per heavy atom. The number of pyridine rings is 1. The fourth-order valence-electron chi connectivity index (χ4n) is 2.45. The van der Waals surface area contributed by atoms with Gasteiger partial charge in [0.1, 0.15) is 5.56 Å². The number of rotatable bonds is 4. The van der Waals surface area contributed by atoms with Gasteiger partial charge < -0.3 is 10.3 Å². The number of nitro groups is 1. The lowest BCUT2D eigenvalue weighted by Gasteiger charge is -2.06. The maximum atomic E-state index is 12.3. The topological polar surface area (TPSA) is 105 Å². The molecule has 0 saturated carbocycles. The van der Waals surface area contributed by atoms with Crippen molar-refractivity contribution in [2.45, 2.75) is 6.92 Å². The predicted molar refractivity (Wildman–Crippen MR) is 98.3 cm³/mol. The number of nitrogens with zero attached hydrogens (tertiary/aromatic N) is 1. The normalized spacial score (nSPS) is 10.3. The summed E-state index contributed by atoms with van der Waals surface area (Å²) >= 11 is 0. The van der Waals surface area contributed by atoms with Crippen LogP contribution in [0.5, 0.6) is 0 Å². The number of aromatic amines is 1. The second-order valence-electron chi connectivity index (χ2n) is 5.74. The molecule has 26 heavy (non-hydrogen) atoms. The number of hydrogen-bond acceptors (Lipinski definition) is 4. The number of carbonyl (C=O) groups excluding carboxylic acids is 1. The molecule has 1 aromatic heterocycles. The lowest BCUT2D eigenvalue weighted by atomic mass is 10.1. The number of non-ortho nitro benzene ring substituents is 1. The Hall–Kier alpha value is -3.74. The first-order valence-corrected chi connectivity index (χ1v) is 7.80. The van der Waals surface area contributed by atoms with Crippen molar-refractivity contribution in [1.29, 1.82) is 0 Å². The Kier molecular flexibility index (Phi) is 4.62. The van der Waals surface area contributed by atoms with Crippen LogP contribution in [-0.2, 0) is 0 Å². The number of hydrogen-bond donors (Lipinski definition) is 2. The van der Waals surface area contributed by atoms with Gasteiger partial charge >= 0.3 is 0 Å². The second kappa shape index (κ2) is 7.02. The minimum Gasteiger partial charge on any atom is -0.322 e. The molecule has 0 aliphatic heterocycles. The molecule has 0 aliphatic carbocycles. The molecule has 7 nitrogen and oxygen atoms in total. The zero-order valence-corrected chi connectivity index (χ0v) is 13.9. The van der Waals surface area contributed by atoms with E-state index in [2.05, 4.69) is 10.3 Å². The van der Waals surface area contributed by atoms with E-state index in [0.717, 1.165) is 11.1 Å². The Balaban J connectivity index is 1.84. The van der Waals surface area contributed by atoms with Crippen LogP contribution in [0.2, 0.25) is 0 Å². The van der Waals surface area contributed by atoms with Gasteiger partial charge in [-0.3, -0.25) is 19.7 Å². The van der Waals surface area contributed by atoms with Crippen molar-refractivity contribution < 1.29 is 9.72 Å². The molecule has 2 aromatic carbocycles. The van der Waals surface area contributed by atoms with Crippen LogP contribution in [-0.4, -0.2) is 15.8 Å². The third-order valence-electron chi connectivity index (χ3n) is 3.83. The van der Waals surface area contributed by atoms with Crippen molar-refractivity contribution in [3.05, 3.63) is 92.3 Å². The van der Waals surface area contributed by atoms with Gasteiger partial charge in [-0.15, -0.1) is 0 Å². The first kappa shape index (κ1) is 17.1. The van der Waals surface area contributed by atoms with Gasteiger partial charge in [0.2, 0.25) is 0 Å². The molecule has 0 fully saturated rings. The number of anilines is 1. The Bertz CT molecular complexity index is 1040. The van der Waals surface area contributed by atoms with E-state index in [9.17, 15) is 19.7 Å². The van der Waals surface area contributed by atoms with Crippen LogP contribution in [0.1, 0.15) is 15.9 Å². The Morgan fingerprint density at radius 1 is 1.08 bits per heavy atom. The van der Waals surface area contributed by atoms with Gasteiger partial charge in [-0.25, -0.2) is 0 Å². The molecule has 1 heterocycles. The summed E-state index contributed by atoms with van der Waals surface area (Å²) in [6, 6.07) is 16.2. The summed E-state index contributed by atoms with van der Waals surface area (Å²) in [5, 5.41) is 13.3. The maximum absolute atomic E-state index is 12.3. The molecule has 1 amide bonds. The van der Waals surface area contributed by atoms with E-state index >= 15 is 0 Å². The van der Waals surface area contributed by atoms with Crippen LogP contribution >= 0.6 is 0 Å². The minimum atomic E-state index is -0.637. The Morgan fingerprint density at radius 2 is 1.81 bits per heavy atom. The van der Waals surface area contributed by atoms with Crippen molar-refractivity contribution in [3.8, 4) is 11.3 Å². The molecular formula is C19H15N3O4. The van der Waals surface area contributed by atoms with E-state index in [0.29, 0.717) is 5.69 Å². The van der Waals surface area contributed by atoms with E-state index in [1.165, 1.54) is 30.3 Å². The molecule has 0 saturated heterocycles. The van der Waals surface area contributed by atoms with E-state index < -0.39 is 16.4 Å². The van der Waals surface area contributed by atoms with Crippen LogP contribution in [0.25, 0.3) is 11.3 Å². The van der Waals surface area contributed by atoms with Crippen molar-refractivity contribution in [3.63, 3.8) is 0 Å². The van der Waals surface area contributed by atoms with Gasteiger partial charge in [0, 0.05) is 23.5 Å². The lowest BCUT2D eigenvalue weighted by Crippen LogP contribution is -2.23. The van der Waals surface area contributed by atoms with Crippen molar-refractivity contribution >= 4 is 17.3 Å². The average molecular weight is 349 g/mol. The van der Waals surface area contributed by atoms with E-state index in [1.807, 2.05) is 31.2 Å². The van der Waals surface area contributed by atoms with Gasteiger partial charge in [0.25, 0.3) is 17.2 Å². The van der Waals surface area contributed by atoms with Crippen LogP contribution in [0, 0.1) is 17.0 Å². The number of nitro benzene ring substituents is 1. The van der Waals surface area contributed by atoms with E-state index in [4.69, 9.17) is 0 Å². The maximum Gasteiger partial charge on any atom is 0.271 e. The van der Waals surface area contributed by atoms with Gasteiger partial charge in [-0.1, -0.05) is 35.9 Å². The third kappa shape index (κ3) is 3.67. The van der Waals surface area contributed by atoms with E-state index in [-0.39, 0.29) is 16.9 Å². The van der Waals surface area contributed by atoms with Crippen molar-refractivity contribution in [2.75, 3.05) is 5.32 Å².